The van der Waals surface area contributed by atoms with Crippen LogP contribution in [-0.4, -0.2) is 31.2 Å². The molecule has 6 nitrogen and oxygen atoms in total. The van der Waals surface area contributed by atoms with Gasteiger partial charge >= 0.3 is 6.18 Å². The fourth-order valence-corrected chi connectivity index (χ4v) is 3.77. The van der Waals surface area contributed by atoms with Crippen LogP contribution in [0.4, 0.5) is 13.2 Å². The average molecular weight is 417 g/mol. The van der Waals surface area contributed by atoms with Crippen molar-refractivity contribution in [2.45, 2.75) is 46.1 Å². The molecule has 158 valence electrons. The number of halogens is 3. The molecule has 0 spiro atoms. The summed E-state index contributed by atoms with van der Waals surface area (Å²) in [4.78, 5) is 22.1. The summed E-state index contributed by atoms with van der Waals surface area (Å²) in [5, 5.41) is 4.37. The van der Waals surface area contributed by atoms with Crippen molar-refractivity contribution >= 4 is 0 Å². The van der Waals surface area contributed by atoms with Crippen molar-refractivity contribution in [3.8, 4) is 11.4 Å². The summed E-state index contributed by atoms with van der Waals surface area (Å²) in [7, 11) is 0. The third kappa shape index (κ3) is 3.89. The van der Waals surface area contributed by atoms with E-state index in [1.54, 1.807) is 0 Å². The zero-order valence-corrected chi connectivity index (χ0v) is 16.8. The van der Waals surface area contributed by atoms with Crippen molar-refractivity contribution in [1.29, 1.82) is 0 Å². The molecule has 1 aliphatic rings. The first kappa shape index (κ1) is 20.3. The van der Waals surface area contributed by atoms with Gasteiger partial charge in [0.25, 0.3) is 5.56 Å². The number of nitrogens with one attached hydrogen (secondary N) is 1. The third-order valence-corrected chi connectivity index (χ3v) is 5.53. The van der Waals surface area contributed by atoms with Gasteiger partial charge in [-0.25, -0.2) is 4.98 Å². The van der Waals surface area contributed by atoms with Crippen LogP contribution in [0.1, 0.15) is 35.0 Å². The molecule has 1 aliphatic heterocycles. The monoisotopic (exact) mass is 417 g/mol. The van der Waals surface area contributed by atoms with Gasteiger partial charge in [-0.15, -0.1) is 0 Å². The van der Waals surface area contributed by atoms with Crippen LogP contribution < -0.4 is 5.56 Å². The largest absolute Gasteiger partial charge is 0.416 e. The van der Waals surface area contributed by atoms with Crippen molar-refractivity contribution in [3.63, 3.8) is 0 Å². The maximum atomic E-state index is 12.8. The predicted octanol–water partition coefficient (Wildman–Crippen LogP) is 3.54. The number of nitrogens with zero attached hydrogens (tertiary/aromatic N) is 4. The lowest BCUT2D eigenvalue weighted by Crippen LogP contribution is -2.35. The Kier molecular flexibility index (Phi) is 5.23. The lowest BCUT2D eigenvalue weighted by molar-refractivity contribution is -0.137. The van der Waals surface area contributed by atoms with Gasteiger partial charge in [-0.3, -0.25) is 14.4 Å². The minimum Gasteiger partial charge on any atom is -0.306 e. The molecular formula is C21H22F3N5O. The van der Waals surface area contributed by atoms with Crippen molar-refractivity contribution in [3.05, 3.63) is 68.9 Å². The van der Waals surface area contributed by atoms with Gasteiger partial charge in [0.2, 0.25) is 0 Å². The standard InChI is InChI=1S/C21H22F3N5O/c1-3-29-13(2)15(10-25-29)11-28-9-8-18-17(12-28)20(30)27-19(26-18)14-4-6-16(7-5-14)21(22,23)24/h4-7,10H,3,8-9,11-12H2,1-2H3,(H,26,27,30). The summed E-state index contributed by atoms with van der Waals surface area (Å²) in [6, 6.07) is 4.65. The fourth-order valence-electron chi connectivity index (χ4n) is 3.77. The van der Waals surface area contributed by atoms with Crippen LogP contribution in [-0.2, 0) is 32.2 Å². The van der Waals surface area contributed by atoms with E-state index in [-0.39, 0.29) is 5.56 Å². The van der Waals surface area contributed by atoms with Crippen molar-refractivity contribution in [2.24, 2.45) is 0 Å². The highest BCUT2D eigenvalue weighted by molar-refractivity contribution is 5.56. The summed E-state index contributed by atoms with van der Waals surface area (Å²) in [5.74, 6) is 0.293. The molecule has 0 saturated carbocycles. The lowest BCUT2D eigenvalue weighted by atomic mass is 10.1. The lowest BCUT2D eigenvalue weighted by Gasteiger charge is -2.27. The molecule has 9 heteroatoms. The van der Waals surface area contributed by atoms with E-state index in [1.807, 2.05) is 24.7 Å². The van der Waals surface area contributed by atoms with E-state index in [1.165, 1.54) is 12.1 Å². The molecule has 0 amide bonds. The summed E-state index contributed by atoms with van der Waals surface area (Å²) in [6.07, 6.45) is -1.93. The Morgan fingerprint density at radius 1 is 1.20 bits per heavy atom. The zero-order chi connectivity index (χ0) is 21.5. The number of H-pyrrole nitrogens is 1. The molecule has 1 aromatic carbocycles. The number of aromatic amines is 1. The second-order valence-corrected chi connectivity index (χ2v) is 7.45. The summed E-state index contributed by atoms with van der Waals surface area (Å²) >= 11 is 0. The number of benzene rings is 1. The number of aryl methyl sites for hydroxylation is 1. The van der Waals surface area contributed by atoms with Crippen LogP contribution in [0.2, 0.25) is 0 Å². The maximum Gasteiger partial charge on any atom is 0.416 e. The number of fused-ring (bicyclic) bond motifs is 1. The highest BCUT2D eigenvalue weighted by Crippen LogP contribution is 2.30. The van der Waals surface area contributed by atoms with Crippen LogP contribution in [0.3, 0.4) is 0 Å². The fraction of sp³-hybridized carbons (Fsp3) is 0.381. The molecule has 0 atom stereocenters. The molecule has 0 radical (unpaired) electrons. The minimum atomic E-state index is -4.40. The minimum absolute atomic E-state index is 0.249. The van der Waals surface area contributed by atoms with E-state index in [2.05, 4.69) is 20.0 Å². The first-order chi connectivity index (χ1) is 14.3. The molecule has 0 aliphatic carbocycles. The van der Waals surface area contributed by atoms with E-state index in [0.29, 0.717) is 42.2 Å². The Morgan fingerprint density at radius 3 is 2.57 bits per heavy atom. The topological polar surface area (TPSA) is 66.8 Å². The van der Waals surface area contributed by atoms with Gasteiger partial charge in [0.05, 0.1) is 23.0 Å². The molecule has 2 aromatic heterocycles. The predicted molar refractivity (Wildman–Crippen MR) is 106 cm³/mol. The van der Waals surface area contributed by atoms with Gasteiger partial charge in [0.15, 0.2) is 0 Å². The first-order valence-electron chi connectivity index (χ1n) is 9.79. The van der Waals surface area contributed by atoms with E-state index in [0.717, 1.165) is 36.5 Å². The quantitative estimate of drug-likeness (QED) is 0.705. The average Bonchev–Trinajstić information content (AvgIpc) is 3.07. The van der Waals surface area contributed by atoms with Crippen molar-refractivity contribution < 1.29 is 13.2 Å². The van der Waals surface area contributed by atoms with Gasteiger partial charge < -0.3 is 4.98 Å². The number of aromatic nitrogens is 4. The Hall–Kier alpha value is -2.94. The molecule has 0 saturated heterocycles. The van der Waals surface area contributed by atoms with Crippen LogP contribution >= 0.6 is 0 Å². The van der Waals surface area contributed by atoms with Crippen molar-refractivity contribution in [2.75, 3.05) is 6.54 Å². The Morgan fingerprint density at radius 2 is 1.93 bits per heavy atom. The third-order valence-electron chi connectivity index (χ3n) is 5.53. The van der Waals surface area contributed by atoms with Gasteiger partial charge in [-0.05, 0) is 26.0 Å². The molecule has 4 rings (SSSR count). The Balaban J connectivity index is 1.55. The second-order valence-electron chi connectivity index (χ2n) is 7.45. The van der Waals surface area contributed by atoms with Crippen LogP contribution in [0.25, 0.3) is 11.4 Å². The summed E-state index contributed by atoms with van der Waals surface area (Å²) < 4.78 is 40.2. The highest BCUT2D eigenvalue weighted by atomic mass is 19.4. The van der Waals surface area contributed by atoms with Gasteiger partial charge in [-0.1, -0.05) is 12.1 Å². The highest BCUT2D eigenvalue weighted by Gasteiger charge is 2.30. The number of hydrogen-bond donors (Lipinski definition) is 1. The first-order valence-corrected chi connectivity index (χ1v) is 9.79. The second kappa shape index (κ2) is 7.71. The molecule has 30 heavy (non-hydrogen) atoms. The molecule has 1 N–H and O–H groups in total. The van der Waals surface area contributed by atoms with E-state index in [9.17, 15) is 18.0 Å². The Labute approximate surface area is 171 Å². The summed E-state index contributed by atoms with van der Waals surface area (Å²) in [5.41, 5.74) is 3.03. The molecule has 0 fully saturated rings. The van der Waals surface area contributed by atoms with Gasteiger partial charge in [0.1, 0.15) is 5.82 Å². The molecular weight excluding hydrogens is 395 g/mol. The van der Waals surface area contributed by atoms with Gasteiger partial charge in [-0.2, -0.15) is 18.3 Å². The van der Waals surface area contributed by atoms with Crippen LogP contribution in [0, 0.1) is 6.92 Å². The van der Waals surface area contributed by atoms with E-state index < -0.39 is 11.7 Å². The van der Waals surface area contributed by atoms with Crippen molar-refractivity contribution in [1.82, 2.24) is 24.6 Å². The summed E-state index contributed by atoms with van der Waals surface area (Å²) in [6.45, 7) is 6.81. The van der Waals surface area contributed by atoms with Crippen LogP contribution in [0.5, 0.6) is 0 Å². The number of alkyl halides is 3. The molecule has 0 unspecified atom stereocenters. The maximum absolute atomic E-state index is 12.8. The SMILES string of the molecule is CCn1ncc(CN2CCc3nc(-c4ccc(C(F)(F)F)cc4)[nH]c(=O)c3C2)c1C. The van der Waals surface area contributed by atoms with E-state index in [4.69, 9.17) is 0 Å². The Bertz CT molecular complexity index is 1120. The van der Waals surface area contributed by atoms with Gasteiger partial charge in [0, 0.05) is 49.4 Å². The van der Waals surface area contributed by atoms with Crippen LogP contribution in [0.15, 0.2) is 35.3 Å². The van der Waals surface area contributed by atoms with E-state index >= 15 is 0 Å². The smallest absolute Gasteiger partial charge is 0.306 e. The molecule has 3 aromatic rings. The zero-order valence-electron chi connectivity index (χ0n) is 16.8. The number of hydrogen-bond acceptors (Lipinski definition) is 4. The normalized spacial score (nSPS) is 14.7. The molecule has 3 heterocycles. The molecule has 0 bridgehead atoms. The number of rotatable bonds is 4.